The van der Waals surface area contributed by atoms with Crippen LogP contribution in [-0.4, -0.2) is 41.1 Å². The quantitative estimate of drug-likeness (QED) is 0.779. The summed E-state index contributed by atoms with van der Waals surface area (Å²) in [5.41, 5.74) is -0.833. The maximum atomic E-state index is 12.0. The topological polar surface area (TPSA) is 58.6 Å². The lowest BCUT2D eigenvalue weighted by Crippen LogP contribution is -2.58. The van der Waals surface area contributed by atoms with Gasteiger partial charge >= 0.3 is 6.09 Å². The maximum absolute atomic E-state index is 12.0. The summed E-state index contributed by atoms with van der Waals surface area (Å²) in [5.74, 6) is -0.0662. The zero-order valence-corrected chi connectivity index (χ0v) is 12.0. The predicted octanol–water partition coefficient (Wildman–Crippen LogP) is 1.91. The molecular weight excluding hydrogens is 232 g/mol. The summed E-state index contributed by atoms with van der Waals surface area (Å²) < 4.78 is 5.35. The summed E-state index contributed by atoms with van der Waals surface area (Å²) in [7, 11) is 0. The Morgan fingerprint density at radius 3 is 2.44 bits per heavy atom. The van der Waals surface area contributed by atoms with Crippen molar-refractivity contribution in [3.63, 3.8) is 0 Å². The van der Waals surface area contributed by atoms with Gasteiger partial charge in [0.1, 0.15) is 5.60 Å². The summed E-state index contributed by atoms with van der Waals surface area (Å²) in [5, 5.41) is 2.92. The molecule has 104 valence electrons. The van der Waals surface area contributed by atoms with Gasteiger partial charge in [0.25, 0.3) is 0 Å². The minimum atomic E-state index is -0.487. The van der Waals surface area contributed by atoms with Gasteiger partial charge in [0, 0.05) is 20.0 Å². The van der Waals surface area contributed by atoms with Crippen LogP contribution in [0.25, 0.3) is 0 Å². The standard InChI is InChI=1S/C13H24N2O3/c1-10(16)14-13(5)7-6-8-15(9-13)11(17)18-12(2,3)4/h6-9H2,1-5H3,(H,14,16). The maximum Gasteiger partial charge on any atom is 0.410 e. The van der Waals surface area contributed by atoms with Crippen LogP contribution in [0.1, 0.15) is 47.5 Å². The van der Waals surface area contributed by atoms with Crippen LogP contribution in [-0.2, 0) is 9.53 Å². The number of nitrogens with zero attached hydrogens (tertiary/aromatic N) is 1. The first-order valence-corrected chi connectivity index (χ1v) is 6.38. The molecule has 1 fully saturated rings. The molecule has 0 bridgehead atoms. The number of piperidine rings is 1. The second-order valence-electron chi connectivity index (χ2n) is 6.25. The third-order valence-electron chi connectivity index (χ3n) is 2.83. The summed E-state index contributed by atoms with van der Waals surface area (Å²) in [6.45, 7) is 10.2. The van der Waals surface area contributed by atoms with Crippen molar-refractivity contribution in [1.29, 1.82) is 0 Å². The third kappa shape index (κ3) is 4.55. The first kappa shape index (κ1) is 14.8. The van der Waals surface area contributed by atoms with E-state index in [4.69, 9.17) is 4.74 Å². The van der Waals surface area contributed by atoms with Crippen LogP contribution in [0, 0.1) is 0 Å². The fraction of sp³-hybridized carbons (Fsp3) is 0.846. The first-order valence-electron chi connectivity index (χ1n) is 6.38. The molecule has 5 nitrogen and oxygen atoms in total. The van der Waals surface area contributed by atoms with Crippen LogP contribution in [0.2, 0.25) is 0 Å². The van der Waals surface area contributed by atoms with Crippen LogP contribution in [0.4, 0.5) is 4.79 Å². The molecule has 0 aromatic heterocycles. The molecule has 0 saturated carbocycles. The van der Waals surface area contributed by atoms with Gasteiger partial charge in [0.05, 0.1) is 5.54 Å². The van der Waals surface area contributed by atoms with Crippen LogP contribution < -0.4 is 5.32 Å². The highest BCUT2D eigenvalue weighted by atomic mass is 16.6. The molecule has 0 aromatic rings. The number of rotatable bonds is 1. The van der Waals surface area contributed by atoms with Crippen molar-refractivity contribution in [2.24, 2.45) is 0 Å². The second-order valence-corrected chi connectivity index (χ2v) is 6.25. The summed E-state index contributed by atoms with van der Waals surface area (Å²) in [6, 6.07) is 0. The highest BCUT2D eigenvalue weighted by Gasteiger charge is 2.35. The Bertz CT molecular complexity index is 336. The summed E-state index contributed by atoms with van der Waals surface area (Å²) in [6.07, 6.45) is 1.45. The van der Waals surface area contributed by atoms with Gasteiger partial charge in [-0.3, -0.25) is 4.79 Å². The molecule has 0 radical (unpaired) electrons. The molecule has 1 saturated heterocycles. The van der Waals surface area contributed by atoms with Crippen LogP contribution in [0.15, 0.2) is 0 Å². The molecule has 1 atom stereocenters. The van der Waals surface area contributed by atoms with Gasteiger partial charge in [-0.2, -0.15) is 0 Å². The van der Waals surface area contributed by atoms with Gasteiger partial charge in [-0.05, 0) is 40.5 Å². The number of ether oxygens (including phenoxy) is 1. The SMILES string of the molecule is CC(=O)NC1(C)CCCN(C(=O)OC(C)(C)C)C1. The summed E-state index contributed by atoms with van der Waals surface area (Å²) >= 11 is 0. The van der Waals surface area contributed by atoms with Gasteiger partial charge in [0.2, 0.25) is 5.91 Å². The molecule has 1 unspecified atom stereocenters. The van der Waals surface area contributed by atoms with Crippen molar-refractivity contribution in [1.82, 2.24) is 10.2 Å². The van der Waals surface area contributed by atoms with Crippen molar-refractivity contribution < 1.29 is 14.3 Å². The minimum Gasteiger partial charge on any atom is -0.444 e. The van der Waals surface area contributed by atoms with Gasteiger partial charge in [-0.25, -0.2) is 4.79 Å². The van der Waals surface area contributed by atoms with Crippen molar-refractivity contribution >= 4 is 12.0 Å². The molecule has 1 aliphatic rings. The number of nitrogens with one attached hydrogen (secondary N) is 1. The predicted molar refractivity (Wildman–Crippen MR) is 69.3 cm³/mol. The second kappa shape index (κ2) is 5.16. The van der Waals surface area contributed by atoms with E-state index in [1.165, 1.54) is 6.92 Å². The van der Waals surface area contributed by atoms with E-state index < -0.39 is 5.60 Å². The number of hydrogen-bond acceptors (Lipinski definition) is 3. The monoisotopic (exact) mass is 256 g/mol. The molecule has 1 rings (SSSR count). The van der Waals surface area contributed by atoms with E-state index >= 15 is 0 Å². The van der Waals surface area contributed by atoms with Crippen molar-refractivity contribution in [3.8, 4) is 0 Å². The molecule has 1 heterocycles. The van der Waals surface area contributed by atoms with Gasteiger partial charge in [-0.15, -0.1) is 0 Å². The van der Waals surface area contributed by atoms with Gasteiger partial charge in [0.15, 0.2) is 0 Å². The Morgan fingerprint density at radius 2 is 1.94 bits per heavy atom. The molecule has 0 aromatic carbocycles. The van der Waals surface area contributed by atoms with E-state index in [1.807, 2.05) is 27.7 Å². The fourth-order valence-corrected chi connectivity index (χ4v) is 2.25. The largest absolute Gasteiger partial charge is 0.444 e. The Balaban J connectivity index is 2.63. The lowest BCUT2D eigenvalue weighted by Gasteiger charge is -2.41. The van der Waals surface area contributed by atoms with Crippen LogP contribution >= 0.6 is 0 Å². The molecule has 2 amide bonds. The smallest absolute Gasteiger partial charge is 0.410 e. The highest BCUT2D eigenvalue weighted by molar-refractivity contribution is 5.74. The van der Waals surface area contributed by atoms with Crippen molar-refractivity contribution in [2.45, 2.75) is 58.6 Å². The molecule has 18 heavy (non-hydrogen) atoms. The zero-order valence-electron chi connectivity index (χ0n) is 12.0. The summed E-state index contributed by atoms with van der Waals surface area (Å²) in [4.78, 5) is 24.8. The molecule has 1 aliphatic heterocycles. The highest BCUT2D eigenvalue weighted by Crippen LogP contribution is 2.22. The van der Waals surface area contributed by atoms with E-state index in [1.54, 1.807) is 4.90 Å². The van der Waals surface area contributed by atoms with Crippen molar-refractivity contribution in [2.75, 3.05) is 13.1 Å². The zero-order chi connectivity index (χ0) is 14.0. The first-order chi connectivity index (χ1) is 8.11. The molecule has 0 spiro atoms. The molecule has 1 N–H and O–H groups in total. The van der Waals surface area contributed by atoms with Crippen LogP contribution in [0.5, 0.6) is 0 Å². The number of carbonyl (C=O) groups excluding carboxylic acids is 2. The average Bonchev–Trinajstić information content (AvgIpc) is 2.12. The van der Waals surface area contributed by atoms with Gasteiger partial charge < -0.3 is 15.0 Å². The van der Waals surface area contributed by atoms with Gasteiger partial charge in [-0.1, -0.05) is 0 Å². The molecule has 5 heteroatoms. The number of amides is 2. The Labute approximate surface area is 109 Å². The lowest BCUT2D eigenvalue weighted by molar-refractivity contribution is -0.121. The minimum absolute atomic E-state index is 0.0662. The normalized spacial score (nSPS) is 24.6. The average molecular weight is 256 g/mol. The Hall–Kier alpha value is -1.26. The number of carbonyl (C=O) groups is 2. The molecule has 0 aliphatic carbocycles. The van der Waals surface area contributed by atoms with E-state index in [0.717, 1.165) is 12.8 Å². The number of hydrogen-bond donors (Lipinski definition) is 1. The van der Waals surface area contributed by atoms with E-state index in [9.17, 15) is 9.59 Å². The van der Waals surface area contributed by atoms with E-state index in [0.29, 0.717) is 13.1 Å². The number of likely N-dealkylation sites (tertiary alicyclic amines) is 1. The lowest BCUT2D eigenvalue weighted by atomic mass is 9.91. The Morgan fingerprint density at radius 1 is 1.33 bits per heavy atom. The third-order valence-corrected chi connectivity index (χ3v) is 2.83. The van der Waals surface area contributed by atoms with E-state index in [-0.39, 0.29) is 17.5 Å². The van der Waals surface area contributed by atoms with E-state index in [2.05, 4.69) is 5.32 Å². The molecular formula is C13H24N2O3. The fourth-order valence-electron chi connectivity index (χ4n) is 2.25. The van der Waals surface area contributed by atoms with Crippen LogP contribution in [0.3, 0.4) is 0 Å². The Kier molecular flexibility index (Phi) is 4.24. The van der Waals surface area contributed by atoms with Crippen molar-refractivity contribution in [3.05, 3.63) is 0 Å².